The van der Waals surface area contributed by atoms with Crippen molar-refractivity contribution in [2.75, 3.05) is 37.7 Å². The highest BCUT2D eigenvalue weighted by Crippen LogP contribution is 2.36. The van der Waals surface area contributed by atoms with Gasteiger partial charge in [-0.1, -0.05) is 0 Å². The lowest BCUT2D eigenvalue weighted by molar-refractivity contribution is -0.160. The van der Waals surface area contributed by atoms with Crippen molar-refractivity contribution in [3.05, 3.63) is 23.9 Å². The van der Waals surface area contributed by atoms with Gasteiger partial charge in [-0.2, -0.15) is 13.2 Å². The molecule has 10 heteroatoms. The predicted molar refractivity (Wildman–Crippen MR) is 88.1 cm³/mol. The maximum absolute atomic E-state index is 13.3. The van der Waals surface area contributed by atoms with E-state index in [4.69, 9.17) is 9.84 Å². The van der Waals surface area contributed by atoms with Crippen LogP contribution in [-0.2, 0) is 20.5 Å². The van der Waals surface area contributed by atoms with Crippen LogP contribution in [0.3, 0.4) is 0 Å². The Hall–Kier alpha value is -2.36. The number of rotatable bonds is 3. The molecule has 1 aromatic rings. The number of ether oxygens (including phenoxy) is 1. The van der Waals surface area contributed by atoms with Crippen molar-refractivity contribution in [1.82, 2.24) is 9.88 Å². The molecule has 2 saturated heterocycles. The van der Waals surface area contributed by atoms with E-state index < -0.39 is 29.7 Å². The molecule has 2 aliphatic rings. The minimum atomic E-state index is -4.53. The van der Waals surface area contributed by atoms with E-state index in [1.807, 2.05) is 0 Å². The molecule has 0 spiro atoms. The number of carbonyl (C=O) groups excluding carboxylic acids is 1. The number of anilines is 1. The molecule has 0 aliphatic carbocycles. The van der Waals surface area contributed by atoms with Crippen molar-refractivity contribution in [2.24, 2.45) is 5.92 Å². The summed E-state index contributed by atoms with van der Waals surface area (Å²) in [5.74, 6) is -2.07. The molecule has 2 fully saturated rings. The number of carbonyl (C=O) groups is 2. The number of aliphatic carboxylic acids is 1. The summed E-state index contributed by atoms with van der Waals surface area (Å²) in [4.78, 5) is 30.7. The lowest BCUT2D eigenvalue weighted by Crippen LogP contribution is -2.52. The standard InChI is InChI=1S/C17H20F3N3O4/c18-17(19,20)12-4-1-5-21-14(12)22-6-2-3-11(9-22)15(24)23-7-8-27-13(10-23)16(25)26/h1,4-5,11,13H,2-3,6-10H2,(H,25,26)/t11-,13+/m0/s1. The summed E-state index contributed by atoms with van der Waals surface area (Å²) in [6, 6.07) is 2.21. The molecule has 1 amide bonds. The molecule has 2 atom stereocenters. The van der Waals surface area contributed by atoms with Crippen molar-refractivity contribution < 1.29 is 32.6 Å². The van der Waals surface area contributed by atoms with Crippen LogP contribution >= 0.6 is 0 Å². The number of amides is 1. The molecule has 3 heterocycles. The van der Waals surface area contributed by atoms with Gasteiger partial charge in [0.05, 0.1) is 24.6 Å². The van der Waals surface area contributed by atoms with E-state index in [0.717, 1.165) is 6.07 Å². The first-order valence-electron chi connectivity index (χ1n) is 8.67. The quantitative estimate of drug-likeness (QED) is 0.849. The predicted octanol–water partition coefficient (Wildman–Crippen LogP) is 1.63. The molecule has 7 nitrogen and oxygen atoms in total. The number of piperidine rings is 1. The van der Waals surface area contributed by atoms with E-state index >= 15 is 0 Å². The fraction of sp³-hybridized carbons (Fsp3) is 0.588. The van der Waals surface area contributed by atoms with Gasteiger partial charge in [0.15, 0.2) is 6.10 Å². The highest BCUT2D eigenvalue weighted by molar-refractivity contribution is 5.81. The molecule has 0 saturated carbocycles. The average Bonchev–Trinajstić information content (AvgIpc) is 2.67. The number of pyridine rings is 1. The van der Waals surface area contributed by atoms with Crippen LogP contribution in [0.2, 0.25) is 0 Å². The lowest BCUT2D eigenvalue weighted by Gasteiger charge is -2.38. The van der Waals surface area contributed by atoms with E-state index in [1.165, 1.54) is 22.1 Å². The van der Waals surface area contributed by atoms with Gasteiger partial charge in [-0.15, -0.1) is 0 Å². The van der Waals surface area contributed by atoms with Crippen LogP contribution < -0.4 is 4.90 Å². The van der Waals surface area contributed by atoms with Crippen LogP contribution in [0.5, 0.6) is 0 Å². The molecule has 3 rings (SSSR count). The highest BCUT2D eigenvalue weighted by atomic mass is 19.4. The van der Waals surface area contributed by atoms with Crippen molar-refractivity contribution in [1.29, 1.82) is 0 Å². The number of halogens is 3. The van der Waals surface area contributed by atoms with E-state index in [9.17, 15) is 22.8 Å². The number of carboxylic acids is 1. The largest absolute Gasteiger partial charge is 0.479 e. The van der Waals surface area contributed by atoms with E-state index in [0.29, 0.717) is 19.4 Å². The number of hydrogen-bond donors (Lipinski definition) is 1. The van der Waals surface area contributed by atoms with Crippen molar-refractivity contribution in [3.8, 4) is 0 Å². The summed E-state index contributed by atoms with van der Waals surface area (Å²) in [6.45, 7) is 0.842. The SMILES string of the molecule is O=C(O)[C@H]1CN(C(=O)[C@H]2CCCN(c3ncccc3C(F)(F)F)C2)CCO1. The summed E-state index contributed by atoms with van der Waals surface area (Å²) in [5, 5.41) is 9.06. The van der Waals surface area contributed by atoms with Crippen LogP contribution in [-0.4, -0.2) is 65.8 Å². The number of carboxylic acid groups (broad SMARTS) is 1. The number of aromatic nitrogens is 1. The minimum Gasteiger partial charge on any atom is -0.479 e. The normalized spacial score (nSPS) is 24.0. The van der Waals surface area contributed by atoms with Crippen LogP contribution in [0.1, 0.15) is 18.4 Å². The molecule has 0 aromatic carbocycles. The first-order chi connectivity index (χ1) is 12.8. The first-order valence-corrected chi connectivity index (χ1v) is 8.67. The third kappa shape index (κ3) is 4.32. The smallest absolute Gasteiger partial charge is 0.419 e. The fourth-order valence-corrected chi connectivity index (χ4v) is 3.50. The zero-order chi connectivity index (χ0) is 19.6. The second-order valence-electron chi connectivity index (χ2n) is 6.64. The van der Waals surface area contributed by atoms with Crippen molar-refractivity contribution in [3.63, 3.8) is 0 Å². The number of morpholine rings is 1. The van der Waals surface area contributed by atoms with Crippen LogP contribution in [0.25, 0.3) is 0 Å². The molecule has 0 radical (unpaired) electrons. The molecule has 1 N–H and O–H groups in total. The zero-order valence-corrected chi connectivity index (χ0v) is 14.5. The second-order valence-corrected chi connectivity index (χ2v) is 6.64. The zero-order valence-electron chi connectivity index (χ0n) is 14.5. The van der Waals surface area contributed by atoms with Gasteiger partial charge in [0, 0.05) is 25.8 Å². The Morgan fingerprint density at radius 2 is 2.04 bits per heavy atom. The van der Waals surface area contributed by atoms with Crippen molar-refractivity contribution >= 4 is 17.7 Å². The maximum Gasteiger partial charge on any atom is 0.419 e. The lowest BCUT2D eigenvalue weighted by atomic mass is 9.95. The van der Waals surface area contributed by atoms with E-state index in [2.05, 4.69) is 4.98 Å². The number of alkyl halides is 3. The van der Waals surface area contributed by atoms with Gasteiger partial charge in [-0.25, -0.2) is 9.78 Å². The first kappa shape index (κ1) is 19.4. The monoisotopic (exact) mass is 387 g/mol. The van der Waals surface area contributed by atoms with Gasteiger partial charge in [-0.3, -0.25) is 4.79 Å². The summed E-state index contributed by atoms with van der Waals surface area (Å²) in [7, 11) is 0. The second kappa shape index (κ2) is 7.71. The van der Waals surface area contributed by atoms with Crippen molar-refractivity contribution in [2.45, 2.75) is 25.1 Å². The number of hydrogen-bond acceptors (Lipinski definition) is 5. The Labute approximate surface area is 153 Å². The van der Waals surface area contributed by atoms with Gasteiger partial charge < -0.3 is 19.6 Å². The summed E-state index contributed by atoms with van der Waals surface area (Å²) >= 11 is 0. The van der Waals surface area contributed by atoms with Gasteiger partial charge >= 0.3 is 12.1 Å². The van der Waals surface area contributed by atoms with Crippen LogP contribution in [0.15, 0.2) is 18.3 Å². The van der Waals surface area contributed by atoms with Gasteiger partial charge in [0.25, 0.3) is 0 Å². The third-order valence-electron chi connectivity index (χ3n) is 4.82. The molecule has 0 bridgehead atoms. The molecule has 2 aliphatic heterocycles. The third-order valence-corrected chi connectivity index (χ3v) is 4.82. The molecular formula is C17H20F3N3O4. The molecule has 0 unspecified atom stereocenters. The average molecular weight is 387 g/mol. The Morgan fingerprint density at radius 3 is 2.74 bits per heavy atom. The van der Waals surface area contributed by atoms with Gasteiger partial charge in [0.1, 0.15) is 5.82 Å². The Kier molecular flexibility index (Phi) is 5.54. The minimum absolute atomic E-state index is 0.0535. The Balaban J connectivity index is 1.73. The Morgan fingerprint density at radius 1 is 1.26 bits per heavy atom. The molecule has 1 aromatic heterocycles. The maximum atomic E-state index is 13.3. The van der Waals surface area contributed by atoms with Gasteiger partial charge in [-0.05, 0) is 25.0 Å². The molecule has 148 valence electrons. The summed E-state index contributed by atoms with van der Waals surface area (Å²) < 4.78 is 44.9. The highest BCUT2D eigenvalue weighted by Gasteiger charge is 2.38. The summed E-state index contributed by atoms with van der Waals surface area (Å²) in [5.41, 5.74) is -0.824. The topological polar surface area (TPSA) is 83.0 Å². The van der Waals surface area contributed by atoms with Crippen LogP contribution in [0.4, 0.5) is 19.0 Å². The summed E-state index contributed by atoms with van der Waals surface area (Å²) in [6.07, 6.45) is -3.21. The van der Waals surface area contributed by atoms with Gasteiger partial charge in [0.2, 0.25) is 5.91 Å². The molecule has 27 heavy (non-hydrogen) atoms. The van der Waals surface area contributed by atoms with E-state index in [1.54, 1.807) is 0 Å². The van der Waals surface area contributed by atoms with Crippen LogP contribution in [0, 0.1) is 5.92 Å². The number of nitrogens with zero attached hydrogens (tertiary/aromatic N) is 3. The Bertz CT molecular complexity index is 713. The van der Waals surface area contributed by atoms with E-state index in [-0.39, 0.29) is 38.0 Å². The fourth-order valence-electron chi connectivity index (χ4n) is 3.50. The molecular weight excluding hydrogens is 367 g/mol.